The first kappa shape index (κ1) is 14.7. The van der Waals surface area contributed by atoms with Gasteiger partial charge >= 0.3 is 0 Å². The fourth-order valence-electron chi connectivity index (χ4n) is 2.03. The van der Waals surface area contributed by atoms with Gasteiger partial charge in [0.15, 0.2) is 0 Å². The molecule has 1 N–H and O–H groups in total. The summed E-state index contributed by atoms with van der Waals surface area (Å²) in [5.74, 6) is 1.72. The van der Waals surface area contributed by atoms with E-state index in [0.29, 0.717) is 6.42 Å². The van der Waals surface area contributed by atoms with E-state index >= 15 is 0 Å². The molecule has 0 aliphatic heterocycles. The third-order valence-electron chi connectivity index (χ3n) is 3.09. The van der Waals surface area contributed by atoms with Gasteiger partial charge in [-0.1, -0.05) is 30.3 Å². The van der Waals surface area contributed by atoms with E-state index in [4.69, 9.17) is 0 Å². The van der Waals surface area contributed by atoms with Gasteiger partial charge in [0, 0.05) is 31.6 Å². The Bertz CT molecular complexity index is 553. The Labute approximate surface area is 123 Å². The van der Waals surface area contributed by atoms with Crippen molar-refractivity contribution in [1.29, 1.82) is 0 Å². The topological polar surface area (TPSA) is 46.9 Å². The van der Waals surface area contributed by atoms with Gasteiger partial charge in [-0.25, -0.2) is 4.98 Å². The van der Waals surface area contributed by atoms with E-state index in [1.807, 2.05) is 54.4 Å². The van der Waals surface area contributed by atoms with Crippen LogP contribution in [0.25, 0.3) is 0 Å². The summed E-state index contributed by atoms with van der Waals surface area (Å²) in [4.78, 5) is 16.4. The summed E-state index contributed by atoms with van der Waals surface area (Å²) in [6.07, 6.45) is 6.16. The first-order valence-corrected chi connectivity index (χ1v) is 7.92. The minimum absolute atomic E-state index is 0.0520. The maximum Gasteiger partial charge on any atom is 0.221 e. The van der Waals surface area contributed by atoms with E-state index in [2.05, 4.69) is 10.3 Å². The van der Waals surface area contributed by atoms with Crippen molar-refractivity contribution < 1.29 is 4.79 Å². The molecule has 0 saturated carbocycles. The number of nitrogens with zero attached hydrogens (tertiary/aromatic N) is 2. The summed E-state index contributed by atoms with van der Waals surface area (Å²) in [6.45, 7) is 0. The van der Waals surface area contributed by atoms with Gasteiger partial charge in [0.25, 0.3) is 0 Å². The lowest BCUT2D eigenvalue weighted by molar-refractivity contribution is -0.121. The molecule has 106 valence electrons. The molecular weight excluding hydrogens is 270 g/mol. The lowest BCUT2D eigenvalue weighted by Crippen LogP contribution is -2.31. The van der Waals surface area contributed by atoms with Crippen molar-refractivity contribution >= 4 is 17.7 Å². The number of aromatic nitrogens is 2. The maximum atomic E-state index is 12.0. The molecule has 0 aliphatic rings. The maximum absolute atomic E-state index is 12.0. The van der Waals surface area contributed by atoms with Crippen LogP contribution in [0, 0.1) is 0 Å². The van der Waals surface area contributed by atoms with E-state index in [1.165, 1.54) is 0 Å². The highest BCUT2D eigenvalue weighted by Gasteiger charge is 2.20. The van der Waals surface area contributed by atoms with Gasteiger partial charge < -0.3 is 9.88 Å². The number of hydrogen-bond acceptors (Lipinski definition) is 3. The zero-order valence-electron chi connectivity index (χ0n) is 11.7. The molecule has 0 aliphatic carbocycles. The van der Waals surface area contributed by atoms with E-state index < -0.39 is 0 Å². The second kappa shape index (κ2) is 7.14. The third kappa shape index (κ3) is 3.63. The van der Waals surface area contributed by atoms with Crippen LogP contribution in [0.15, 0.2) is 42.7 Å². The van der Waals surface area contributed by atoms with Crippen LogP contribution >= 0.6 is 11.8 Å². The summed E-state index contributed by atoms with van der Waals surface area (Å²) in [5, 5.41) is 3.08. The summed E-state index contributed by atoms with van der Waals surface area (Å²) < 4.78 is 1.94. The highest BCUT2D eigenvalue weighted by Crippen LogP contribution is 2.20. The molecule has 1 heterocycles. The molecular formula is C15H19N3OS. The molecule has 20 heavy (non-hydrogen) atoms. The number of nitrogens with one attached hydrogen (secondary N) is 1. The molecule has 1 aromatic heterocycles. The number of amides is 1. The number of carbonyl (C=O) groups is 1. The Morgan fingerprint density at radius 2 is 2.15 bits per heavy atom. The van der Waals surface area contributed by atoms with Crippen LogP contribution in [-0.2, 0) is 11.8 Å². The van der Waals surface area contributed by atoms with Gasteiger partial charge in [0.1, 0.15) is 11.9 Å². The van der Waals surface area contributed by atoms with Gasteiger partial charge in [-0.05, 0) is 11.8 Å². The average molecular weight is 289 g/mol. The highest BCUT2D eigenvalue weighted by atomic mass is 32.2. The van der Waals surface area contributed by atoms with Crippen molar-refractivity contribution in [2.75, 3.05) is 12.0 Å². The summed E-state index contributed by atoms with van der Waals surface area (Å²) in [5.41, 5.74) is 1.04. The molecule has 0 radical (unpaired) electrons. The predicted molar refractivity (Wildman–Crippen MR) is 82.6 cm³/mol. The van der Waals surface area contributed by atoms with Gasteiger partial charge in [-0.3, -0.25) is 4.79 Å². The number of rotatable bonds is 6. The molecule has 1 atom stereocenters. The first-order valence-electron chi connectivity index (χ1n) is 6.53. The number of thioether (sulfide) groups is 1. The Morgan fingerprint density at radius 3 is 2.75 bits per heavy atom. The molecule has 0 bridgehead atoms. The quantitative estimate of drug-likeness (QED) is 0.888. The van der Waals surface area contributed by atoms with E-state index in [0.717, 1.165) is 17.1 Å². The fraction of sp³-hybridized carbons (Fsp3) is 0.333. The standard InChI is InChI=1S/C15H19N3OS/c1-18-10-9-16-15(18)14(12-6-4-3-5-7-12)17-13(19)8-11-20-2/h3-7,9-10,14H,8,11H2,1-2H3,(H,17,19)/t14-/m0/s1. The lowest BCUT2D eigenvalue weighted by Gasteiger charge is -2.19. The number of aryl methyl sites for hydroxylation is 1. The van der Waals surface area contributed by atoms with Crippen LogP contribution in [0.4, 0.5) is 0 Å². The Morgan fingerprint density at radius 1 is 1.40 bits per heavy atom. The minimum Gasteiger partial charge on any atom is -0.342 e. The summed E-state index contributed by atoms with van der Waals surface area (Å²) >= 11 is 1.67. The fourth-order valence-corrected chi connectivity index (χ4v) is 2.42. The minimum atomic E-state index is -0.203. The average Bonchev–Trinajstić information content (AvgIpc) is 2.89. The zero-order valence-corrected chi connectivity index (χ0v) is 12.6. The van der Waals surface area contributed by atoms with Crippen LogP contribution in [0.2, 0.25) is 0 Å². The van der Waals surface area contributed by atoms with Crippen LogP contribution in [0.1, 0.15) is 23.9 Å². The number of benzene rings is 1. The monoisotopic (exact) mass is 289 g/mol. The van der Waals surface area contributed by atoms with Gasteiger partial charge in [0.2, 0.25) is 5.91 Å². The number of carbonyl (C=O) groups excluding carboxylic acids is 1. The van der Waals surface area contributed by atoms with Crippen LogP contribution in [-0.4, -0.2) is 27.5 Å². The number of hydrogen-bond donors (Lipinski definition) is 1. The normalized spacial score (nSPS) is 12.1. The molecule has 0 saturated heterocycles. The summed E-state index contributed by atoms with van der Waals surface area (Å²) in [7, 11) is 1.94. The highest BCUT2D eigenvalue weighted by molar-refractivity contribution is 7.98. The zero-order chi connectivity index (χ0) is 14.4. The second-order valence-electron chi connectivity index (χ2n) is 4.55. The van der Waals surface area contributed by atoms with Crippen LogP contribution in [0.5, 0.6) is 0 Å². The SMILES string of the molecule is CSCCC(=O)N[C@@H](c1ccccc1)c1nccn1C. The van der Waals surface area contributed by atoms with E-state index in [-0.39, 0.29) is 11.9 Å². The molecule has 0 spiro atoms. The van der Waals surface area contributed by atoms with Gasteiger partial charge in [0.05, 0.1) is 0 Å². The molecule has 0 fully saturated rings. The van der Waals surface area contributed by atoms with Crippen LogP contribution < -0.4 is 5.32 Å². The van der Waals surface area contributed by atoms with E-state index in [9.17, 15) is 4.79 Å². The number of imidazole rings is 1. The largest absolute Gasteiger partial charge is 0.342 e. The van der Waals surface area contributed by atoms with Crippen molar-refractivity contribution in [3.8, 4) is 0 Å². The van der Waals surface area contributed by atoms with Crippen molar-refractivity contribution in [2.24, 2.45) is 7.05 Å². The molecule has 0 unspecified atom stereocenters. The first-order chi connectivity index (χ1) is 9.72. The third-order valence-corrected chi connectivity index (χ3v) is 3.70. The summed E-state index contributed by atoms with van der Waals surface area (Å²) in [6, 6.07) is 9.72. The predicted octanol–water partition coefficient (Wildman–Crippen LogP) is 2.38. The Hall–Kier alpha value is -1.75. The molecule has 1 amide bonds. The Kier molecular flexibility index (Phi) is 5.24. The molecule has 4 nitrogen and oxygen atoms in total. The van der Waals surface area contributed by atoms with Gasteiger partial charge in [-0.2, -0.15) is 11.8 Å². The van der Waals surface area contributed by atoms with Crippen molar-refractivity contribution in [3.05, 3.63) is 54.1 Å². The molecule has 1 aromatic carbocycles. The van der Waals surface area contributed by atoms with Crippen molar-refractivity contribution in [2.45, 2.75) is 12.5 Å². The lowest BCUT2D eigenvalue weighted by atomic mass is 10.1. The second-order valence-corrected chi connectivity index (χ2v) is 5.54. The Balaban J connectivity index is 2.22. The smallest absolute Gasteiger partial charge is 0.221 e. The van der Waals surface area contributed by atoms with Crippen molar-refractivity contribution in [3.63, 3.8) is 0 Å². The molecule has 5 heteroatoms. The van der Waals surface area contributed by atoms with Crippen LogP contribution in [0.3, 0.4) is 0 Å². The molecule has 2 rings (SSSR count). The van der Waals surface area contributed by atoms with Gasteiger partial charge in [-0.15, -0.1) is 0 Å². The molecule has 2 aromatic rings. The van der Waals surface area contributed by atoms with Crippen molar-refractivity contribution in [1.82, 2.24) is 14.9 Å². The van der Waals surface area contributed by atoms with E-state index in [1.54, 1.807) is 18.0 Å².